The molecule has 1 aromatic carbocycles. The Morgan fingerprint density at radius 1 is 0.918 bits per heavy atom. The minimum absolute atomic E-state index is 0.0548. The Kier molecular flexibility index (Phi) is 14.0. The summed E-state index contributed by atoms with van der Waals surface area (Å²) >= 11 is 0. The van der Waals surface area contributed by atoms with Gasteiger partial charge in [0, 0.05) is 33.7 Å². The van der Waals surface area contributed by atoms with Gasteiger partial charge in [-0.15, -0.1) is 0 Å². The molecule has 1 N–H and O–H groups in total. The van der Waals surface area contributed by atoms with Crippen LogP contribution in [0, 0.1) is 5.92 Å². The number of esters is 2. The fraction of sp³-hybridized carbons (Fsp3) is 0.694. The second kappa shape index (κ2) is 17.3. The number of nitrogens with zero attached hydrogens (tertiary/aromatic N) is 2. The van der Waals surface area contributed by atoms with E-state index in [4.69, 9.17) is 24.1 Å². The van der Waals surface area contributed by atoms with Crippen LogP contribution in [-0.2, 0) is 44.5 Å². The summed E-state index contributed by atoms with van der Waals surface area (Å²) in [5, 5.41) is 9.05. The molecule has 3 rings (SSSR count). The lowest BCUT2D eigenvalue weighted by Crippen LogP contribution is -2.51. The zero-order valence-corrected chi connectivity index (χ0v) is 29.9. The Balaban J connectivity index is 1.92. The van der Waals surface area contributed by atoms with E-state index >= 15 is 0 Å². The fourth-order valence-corrected chi connectivity index (χ4v) is 5.67. The van der Waals surface area contributed by atoms with Crippen molar-refractivity contribution in [3.63, 3.8) is 0 Å². The lowest BCUT2D eigenvalue weighted by Gasteiger charge is -2.33. The van der Waals surface area contributed by atoms with Gasteiger partial charge in [-0.1, -0.05) is 37.1 Å². The van der Waals surface area contributed by atoms with Crippen molar-refractivity contribution in [2.75, 3.05) is 33.9 Å². The molecule has 1 saturated carbocycles. The molecule has 49 heavy (non-hydrogen) atoms. The van der Waals surface area contributed by atoms with Crippen LogP contribution in [0.5, 0.6) is 0 Å². The Bertz CT molecular complexity index is 1300. The maximum Gasteiger partial charge on any atom is 0.410 e. The van der Waals surface area contributed by atoms with E-state index in [1.54, 1.807) is 20.8 Å². The lowest BCUT2D eigenvalue weighted by molar-refractivity contribution is -0.169. The maximum absolute atomic E-state index is 14.7. The molecular weight excluding hydrogens is 639 g/mol. The van der Waals surface area contributed by atoms with Crippen molar-refractivity contribution in [3.8, 4) is 0 Å². The van der Waals surface area contributed by atoms with Gasteiger partial charge in [0.15, 0.2) is 12.7 Å². The number of benzene rings is 1. The van der Waals surface area contributed by atoms with Crippen LogP contribution < -0.4 is 0 Å². The molecule has 1 heterocycles. The first-order chi connectivity index (χ1) is 22.8. The van der Waals surface area contributed by atoms with E-state index in [-0.39, 0.29) is 31.6 Å². The van der Waals surface area contributed by atoms with Crippen LogP contribution in [0.15, 0.2) is 24.3 Å². The lowest BCUT2D eigenvalue weighted by atomic mass is 9.90. The molecule has 13 heteroatoms. The molecule has 0 spiro atoms. The number of carbonyl (C=O) groups is 5. The Morgan fingerprint density at radius 2 is 1.53 bits per heavy atom. The zero-order chi connectivity index (χ0) is 36.5. The molecule has 0 unspecified atom stereocenters. The third kappa shape index (κ3) is 13.2. The number of aliphatic carboxylic acids is 1. The average molecular weight is 693 g/mol. The van der Waals surface area contributed by atoms with Gasteiger partial charge >= 0.3 is 24.0 Å². The van der Waals surface area contributed by atoms with Gasteiger partial charge in [-0.05, 0) is 89.7 Å². The first kappa shape index (κ1) is 39.7. The average Bonchev–Trinajstić information content (AvgIpc) is 3.85. The van der Waals surface area contributed by atoms with Crippen LogP contribution in [0.2, 0.25) is 0 Å². The molecule has 2 fully saturated rings. The maximum atomic E-state index is 14.7. The van der Waals surface area contributed by atoms with Gasteiger partial charge in [0.2, 0.25) is 0 Å². The van der Waals surface area contributed by atoms with E-state index in [1.807, 2.05) is 24.3 Å². The largest absolute Gasteiger partial charge is 0.479 e. The number of halogens is 1. The standard InChI is InChI=1S/C36H53FN2O10/c1-35(2,3)49-34(45)39(7)27(14-17-36(4,5)37)33(44)48-29(21-24-10-12-25(13-11-24)26-15-18-46-19-16-26)31(42)38(6)28(20-23-8-9-23)32(43)47-22-30(40)41/h10-13,23,26-29H,8-9,14-22H2,1-7H3,(H,40,41)/t27-,28-,29+/m0/s1. The van der Waals surface area contributed by atoms with E-state index < -0.39 is 66.0 Å². The number of alkyl halides is 1. The van der Waals surface area contributed by atoms with Crippen molar-refractivity contribution >= 4 is 29.9 Å². The van der Waals surface area contributed by atoms with E-state index in [1.165, 1.54) is 27.9 Å². The number of carboxylic acid groups (broad SMARTS) is 1. The molecule has 0 bridgehead atoms. The summed E-state index contributed by atoms with van der Waals surface area (Å²) in [6.45, 7) is 8.25. The number of carboxylic acids is 1. The molecule has 2 aliphatic rings. The number of hydrogen-bond acceptors (Lipinski definition) is 9. The minimum Gasteiger partial charge on any atom is -0.479 e. The highest BCUT2D eigenvalue weighted by Crippen LogP contribution is 2.35. The van der Waals surface area contributed by atoms with Gasteiger partial charge in [-0.25, -0.2) is 23.6 Å². The SMILES string of the molecule is CN(C(=O)OC(C)(C)C)[C@@H](CCC(C)(C)F)C(=O)O[C@H](Cc1ccc(C2CCOCC2)cc1)C(=O)N(C)[C@@H](CC1CC1)C(=O)OCC(=O)O. The molecule has 3 atom stereocenters. The van der Waals surface area contributed by atoms with Crippen molar-refractivity contribution in [2.24, 2.45) is 5.92 Å². The summed E-state index contributed by atoms with van der Waals surface area (Å²) in [6.07, 6.45) is 1.24. The van der Waals surface area contributed by atoms with Gasteiger partial charge in [0.1, 0.15) is 23.4 Å². The van der Waals surface area contributed by atoms with E-state index in [0.717, 1.165) is 41.0 Å². The first-order valence-corrected chi connectivity index (χ1v) is 17.0. The molecule has 0 radical (unpaired) electrons. The summed E-state index contributed by atoms with van der Waals surface area (Å²) in [4.78, 5) is 67.4. The Morgan fingerprint density at radius 3 is 2.06 bits per heavy atom. The normalized spacial score (nSPS) is 17.3. The molecule has 0 aromatic heterocycles. The fourth-order valence-electron chi connectivity index (χ4n) is 5.67. The summed E-state index contributed by atoms with van der Waals surface area (Å²) in [6, 6.07) is 5.27. The predicted molar refractivity (Wildman–Crippen MR) is 178 cm³/mol. The molecule has 12 nitrogen and oxygen atoms in total. The summed E-state index contributed by atoms with van der Waals surface area (Å²) in [7, 11) is 2.75. The zero-order valence-electron chi connectivity index (χ0n) is 29.9. The third-order valence-corrected chi connectivity index (χ3v) is 8.74. The monoisotopic (exact) mass is 692 g/mol. The van der Waals surface area contributed by atoms with Crippen LogP contribution in [0.25, 0.3) is 0 Å². The van der Waals surface area contributed by atoms with E-state index in [2.05, 4.69) is 0 Å². The van der Waals surface area contributed by atoms with Crippen molar-refractivity contribution in [1.29, 1.82) is 0 Å². The van der Waals surface area contributed by atoms with Gasteiger partial charge < -0.3 is 29.0 Å². The predicted octanol–water partition coefficient (Wildman–Crippen LogP) is 5.05. The molecule has 2 amide bonds. The highest BCUT2D eigenvalue weighted by atomic mass is 19.1. The van der Waals surface area contributed by atoms with Crippen molar-refractivity contribution < 1.29 is 52.4 Å². The quantitative estimate of drug-likeness (QED) is 0.184. The van der Waals surface area contributed by atoms with Crippen molar-refractivity contribution in [1.82, 2.24) is 9.80 Å². The number of amides is 2. The van der Waals surface area contributed by atoms with Crippen LogP contribution in [0.3, 0.4) is 0 Å². The highest BCUT2D eigenvalue weighted by Gasteiger charge is 2.40. The Labute approximate surface area is 288 Å². The smallest absolute Gasteiger partial charge is 0.410 e. The molecule has 274 valence electrons. The molecular formula is C36H53FN2O10. The van der Waals surface area contributed by atoms with Crippen LogP contribution in [0.4, 0.5) is 9.18 Å². The van der Waals surface area contributed by atoms with Crippen LogP contribution >= 0.6 is 0 Å². The summed E-state index contributed by atoms with van der Waals surface area (Å²) in [5.74, 6) is -3.34. The topological polar surface area (TPSA) is 149 Å². The number of hydrogen-bond donors (Lipinski definition) is 1. The van der Waals surface area contributed by atoms with Crippen LogP contribution in [0.1, 0.15) is 96.6 Å². The molecule has 1 saturated heterocycles. The first-order valence-electron chi connectivity index (χ1n) is 17.0. The second-order valence-corrected chi connectivity index (χ2v) is 14.8. The van der Waals surface area contributed by atoms with Crippen molar-refractivity contribution in [3.05, 3.63) is 35.4 Å². The molecule has 1 aliphatic carbocycles. The Hall–Kier alpha value is -3.74. The van der Waals surface area contributed by atoms with Gasteiger partial charge in [-0.2, -0.15) is 0 Å². The van der Waals surface area contributed by atoms with E-state index in [0.29, 0.717) is 24.7 Å². The molecule has 1 aliphatic heterocycles. The third-order valence-electron chi connectivity index (χ3n) is 8.74. The number of ether oxygens (including phenoxy) is 4. The second-order valence-electron chi connectivity index (χ2n) is 14.8. The number of carbonyl (C=O) groups excluding carboxylic acids is 4. The molecule has 1 aromatic rings. The van der Waals surface area contributed by atoms with E-state index in [9.17, 15) is 28.4 Å². The number of rotatable bonds is 16. The van der Waals surface area contributed by atoms with Gasteiger partial charge in [-0.3, -0.25) is 9.69 Å². The highest BCUT2D eigenvalue weighted by molar-refractivity contribution is 5.90. The van der Waals surface area contributed by atoms with Gasteiger partial charge in [0.25, 0.3) is 5.91 Å². The number of likely N-dealkylation sites (N-methyl/N-ethyl adjacent to an activating group) is 2. The van der Waals surface area contributed by atoms with Gasteiger partial charge in [0.05, 0.1) is 0 Å². The minimum atomic E-state index is -1.67. The summed E-state index contributed by atoms with van der Waals surface area (Å²) < 4.78 is 36.5. The van der Waals surface area contributed by atoms with Crippen molar-refractivity contribution in [2.45, 2.75) is 121 Å². The summed E-state index contributed by atoms with van der Waals surface area (Å²) in [5.41, 5.74) is -0.725. The van der Waals surface area contributed by atoms with Crippen LogP contribution in [-0.4, -0.2) is 108 Å².